The van der Waals surface area contributed by atoms with Crippen molar-refractivity contribution in [3.63, 3.8) is 0 Å². The average Bonchev–Trinajstić information content (AvgIpc) is 3.04. The van der Waals surface area contributed by atoms with Gasteiger partial charge in [-0.25, -0.2) is 0 Å². The maximum atomic E-state index is 12.9. The number of carbonyl (C=O) groups is 2. The number of anilines is 1. The van der Waals surface area contributed by atoms with Crippen LogP contribution in [0.3, 0.4) is 0 Å². The fraction of sp³-hybridized carbons (Fsp3) is 0.273. The van der Waals surface area contributed by atoms with Crippen molar-refractivity contribution in [3.8, 4) is 5.69 Å². The van der Waals surface area contributed by atoms with Crippen LogP contribution in [0.1, 0.15) is 39.8 Å². The molecule has 0 saturated carbocycles. The fourth-order valence-corrected chi connectivity index (χ4v) is 3.05. The highest BCUT2D eigenvalue weighted by atomic mass is 16.2. The van der Waals surface area contributed by atoms with Gasteiger partial charge in [0.05, 0.1) is 11.4 Å². The van der Waals surface area contributed by atoms with Gasteiger partial charge in [0.2, 0.25) is 5.91 Å². The van der Waals surface area contributed by atoms with E-state index in [1.807, 2.05) is 50.2 Å². The van der Waals surface area contributed by atoms with Gasteiger partial charge >= 0.3 is 0 Å². The standard InChI is InChI=1S/C22H25N5O2/c1-14-10-11-20(15(2)12-14)27-24-16(3)21(25-27)22(29)23-19-9-7-6-8-18(19)13-26(5)17(4)28/h6-12H,13H2,1-5H3,(H,23,29). The molecule has 7 nitrogen and oxygen atoms in total. The Bertz CT molecular complexity index is 1070. The molecule has 0 atom stereocenters. The Labute approximate surface area is 170 Å². The highest BCUT2D eigenvalue weighted by molar-refractivity contribution is 6.04. The summed E-state index contributed by atoms with van der Waals surface area (Å²) in [6, 6.07) is 13.4. The average molecular weight is 391 g/mol. The number of aromatic nitrogens is 3. The third-order valence-electron chi connectivity index (χ3n) is 4.78. The van der Waals surface area contributed by atoms with E-state index < -0.39 is 0 Å². The maximum Gasteiger partial charge on any atom is 0.278 e. The molecule has 0 aliphatic rings. The molecule has 0 unspecified atom stereocenters. The number of rotatable bonds is 5. The lowest BCUT2D eigenvalue weighted by Crippen LogP contribution is -2.24. The number of amides is 2. The molecule has 29 heavy (non-hydrogen) atoms. The minimum Gasteiger partial charge on any atom is -0.342 e. The van der Waals surface area contributed by atoms with Crippen molar-refractivity contribution in [2.45, 2.75) is 34.2 Å². The smallest absolute Gasteiger partial charge is 0.278 e. The van der Waals surface area contributed by atoms with Crippen molar-refractivity contribution in [2.24, 2.45) is 0 Å². The molecule has 0 spiro atoms. The van der Waals surface area contributed by atoms with E-state index in [2.05, 4.69) is 21.6 Å². The number of hydrogen-bond donors (Lipinski definition) is 1. The number of benzene rings is 2. The summed E-state index contributed by atoms with van der Waals surface area (Å²) in [4.78, 5) is 27.5. The predicted molar refractivity (Wildman–Crippen MR) is 112 cm³/mol. The molecule has 0 aliphatic carbocycles. The third kappa shape index (κ3) is 4.51. The van der Waals surface area contributed by atoms with Crippen LogP contribution in [0.5, 0.6) is 0 Å². The maximum absolute atomic E-state index is 12.9. The zero-order valence-electron chi connectivity index (χ0n) is 17.4. The van der Waals surface area contributed by atoms with Gasteiger partial charge in [0.1, 0.15) is 0 Å². The molecule has 0 bridgehead atoms. The zero-order chi connectivity index (χ0) is 21.1. The van der Waals surface area contributed by atoms with Crippen molar-refractivity contribution < 1.29 is 9.59 Å². The van der Waals surface area contributed by atoms with E-state index in [0.717, 1.165) is 22.4 Å². The molecule has 7 heteroatoms. The molecule has 150 valence electrons. The van der Waals surface area contributed by atoms with Crippen molar-refractivity contribution in [1.29, 1.82) is 0 Å². The number of hydrogen-bond acceptors (Lipinski definition) is 4. The highest BCUT2D eigenvalue weighted by Gasteiger charge is 2.19. The second-order valence-corrected chi connectivity index (χ2v) is 7.20. The first-order chi connectivity index (χ1) is 13.8. The first-order valence-electron chi connectivity index (χ1n) is 9.39. The largest absolute Gasteiger partial charge is 0.342 e. The Kier molecular flexibility index (Phi) is 5.77. The Balaban J connectivity index is 1.86. The SMILES string of the molecule is CC(=O)N(C)Cc1ccccc1NC(=O)c1nn(-c2ccc(C)cc2C)nc1C. The van der Waals surface area contributed by atoms with E-state index in [1.54, 1.807) is 18.9 Å². The third-order valence-corrected chi connectivity index (χ3v) is 4.78. The number of aryl methyl sites for hydroxylation is 3. The Morgan fingerprint density at radius 2 is 1.79 bits per heavy atom. The van der Waals surface area contributed by atoms with Crippen molar-refractivity contribution in [1.82, 2.24) is 19.9 Å². The van der Waals surface area contributed by atoms with Gasteiger partial charge in [-0.15, -0.1) is 5.10 Å². The molecule has 0 saturated heterocycles. The summed E-state index contributed by atoms with van der Waals surface area (Å²) in [7, 11) is 1.72. The Hall–Kier alpha value is -3.48. The van der Waals surface area contributed by atoms with Crippen LogP contribution < -0.4 is 5.32 Å². The summed E-state index contributed by atoms with van der Waals surface area (Å²) in [5.74, 6) is -0.380. The van der Waals surface area contributed by atoms with Crippen LogP contribution in [0.4, 0.5) is 5.69 Å². The summed E-state index contributed by atoms with van der Waals surface area (Å²) < 4.78 is 0. The van der Waals surface area contributed by atoms with Gasteiger partial charge in [-0.3, -0.25) is 9.59 Å². The van der Waals surface area contributed by atoms with Gasteiger partial charge in [-0.1, -0.05) is 35.9 Å². The summed E-state index contributed by atoms with van der Waals surface area (Å²) >= 11 is 0. The number of carbonyl (C=O) groups excluding carboxylic acids is 2. The van der Waals surface area contributed by atoms with E-state index in [0.29, 0.717) is 17.9 Å². The van der Waals surface area contributed by atoms with E-state index in [-0.39, 0.29) is 17.5 Å². The second kappa shape index (κ2) is 8.26. The van der Waals surface area contributed by atoms with Crippen LogP contribution in [-0.4, -0.2) is 38.8 Å². The lowest BCUT2D eigenvalue weighted by atomic mass is 10.1. The predicted octanol–water partition coefficient (Wildman–Crippen LogP) is 3.42. The number of nitrogens with zero attached hydrogens (tertiary/aromatic N) is 4. The summed E-state index contributed by atoms with van der Waals surface area (Å²) in [6.07, 6.45) is 0. The van der Waals surface area contributed by atoms with Gasteiger partial charge in [0.15, 0.2) is 5.69 Å². The lowest BCUT2D eigenvalue weighted by Gasteiger charge is -2.17. The first-order valence-corrected chi connectivity index (χ1v) is 9.39. The number of para-hydroxylation sites is 1. The van der Waals surface area contributed by atoms with E-state index in [9.17, 15) is 9.59 Å². The van der Waals surface area contributed by atoms with Crippen LogP contribution in [-0.2, 0) is 11.3 Å². The van der Waals surface area contributed by atoms with Crippen LogP contribution in [0.2, 0.25) is 0 Å². The molecule has 1 aromatic heterocycles. The molecule has 0 radical (unpaired) electrons. The van der Waals surface area contributed by atoms with Gasteiger partial charge in [0, 0.05) is 26.2 Å². The number of nitrogens with one attached hydrogen (secondary N) is 1. The Morgan fingerprint density at radius 3 is 2.48 bits per heavy atom. The molecule has 0 fully saturated rings. The van der Waals surface area contributed by atoms with E-state index >= 15 is 0 Å². The molecule has 2 aromatic carbocycles. The topological polar surface area (TPSA) is 80.1 Å². The molecule has 1 N–H and O–H groups in total. The minimum absolute atomic E-state index is 0.0432. The quantitative estimate of drug-likeness (QED) is 0.723. The molecular weight excluding hydrogens is 366 g/mol. The Morgan fingerprint density at radius 1 is 1.07 bits per heavy atom. The van der Waals surface area contributed by atoms with Gasteiger partial charge in [-0.05, 0) is 44.0 Å². The second-order valence-electron chi connectivity index (χ2n) is 7.20. The fourth-order valence-electron chi connectivity index (χ4n) is 3.05. The van der Waals surface area contributed by atoms with Crippen molar-refractivity contribution in [2.75, 3.05) is 12.4 Å². The van der Waals surface area contributed by atoms with Crippen LogP contribution in [0.25, 0.3) is 5.69 Å². The normalized spacial score (nSPS) is 10.7. The lowest BCUT2D eigenvalue weighted by molar-refractivity contribution is -0.128. The van der Waals surface area contributed by atoms with Crippen LogP contribution in [0.15, 0.2) is 42.5 Å². The summed E-state index contributed by atoms with van der Waals surface area (Å²) in [6.45, 7) is 7.69. The van der Waals surface area contributed by atoms with E-state index in [1.165, 1.54) is 11.7 Å². The van der Waals surface area contributed by atoms with Crippen molar-refractivity contribution in [3.05, 3.63) is 70.5 Å². The monoisotopic (exact) mass is 391 g/mol. The molecule has 2 amide bonds. The van der Waals surface area contributed by atoms with Gasteiger partial charge in [0.25, 0.3) is 5.91 Å². The molecule has 3 aromatic rings. The summed E-state index contributed by atoms with van der Waals surface area (Å²) in [5.41, 5.74) is 5.32. The molecule has 3 rings (SSSR count). The molecule has 1 heterocycles. The summed E-state index contributed by atoms with van der Waals surface area (Å²) in [5, 5.41) is 11.7. The minimum atomic E-state index is -0.337. The first kappa shape index (κ1) is 20.3. The van der Waals surface area contributed by atoms with Crippen LogP contribution >= 0.6 is 0 Å². The van der Waals surface area contributed by atoms with Gasteiger partial charge in [-0.2, -0.15) is 9.90 Å². The van der Waals surface area contributed by atoms with Crippen LogP contribution in [0, 0.1) is 20.8 Å². The zero-order valence-corrected chi connectivity index (χ0v) is 17.4. The molecule has 0 aliphatic heterocycles. The van der Waals surface area contributed by atoms with Crippen molar-refractivity contribution >= 4 is 17.5 Å². The molecular formula is C22H25N5O2. The van der Waals surface area contributed by atoms with Gasteiger partial charge < -0.3 is 10.2 Å². The van der Waals surface area contributed by atoms with E-state index in [4.69, 9.17) is 0 Å². The highest BCUT2D eigenvalue weighted by Crippen LogP contribution is 2.19.